The van der Waals surface area contributed by atoms with E-state index in [4.69, 9.17) is 15.3 Å². The fourth-order valence-corrected chi connectivity index (χ4v) is 0.511. The van der Waals surface area contributed by atoms with Crippen LogP contribution in [0, 0.1) is 0 Å². The number of hydrazine groups is 1. The lowest BCUT2D eigenvalue weighted by Gasteiger charge is -2.16. The van der Waals surface area contributed by atoms with Crippen molar-refractivity contribution in [1.29, 1.82) is 0 Å². The van der Waals surface area contributed by atoms with Crippen LogP contribution >= 0.6 is 0 Å². The van der Waals surface area contributed by atoms with E-state index in [0.29, 0.717) is 5.01 Å². The van der Waals surface area contributed by atoms with Gasteiger partial charge in [0.15, 0.2) is 0 Å². The predicted octanol–water partition coefficient (Wildman–Crippen LogP) is -1.45. The zero-order chi connectivity index (χ0) is 9.56. The Morgan fingerprint density at radius 1 is 1.33 bits per heavy atom. The molecule has 0 unspecified atom stereocenters. The van der Waals surface area contributed by atoms with Crippen molar-refractivity contribution in [2.24, 2.45) is 0 Å². The smallest absolute Gasteiger partial charge is 0.422 e. The highest BCUT2D eigenvalue weighted by molar-refractivity contribution is 5.75. The second-order valence-electron chi connectivity index (χ2n) is 1.89. The molecule has 0 radical (unpaired) electrons. The number of carboxylic acids is 1. The van der Waals surface area contributed by atoms with Gasteiger partial charge in [0.25, 0.3) is 0 Å². The molecule has 0 aromatic carbocycles. The quantitative estimate of drug-likeness (QED) is 0.383. The summed E-state index contributed by atoms with van der Waals surface area (Å²) < 4.78 is 0. The van der Waals surface area contributed by atoms with Gasteiger partial charge in [-0.15, -0.1) is 0 Å². The molecule has 0 atom stereocenters. The van der Waals surface area contributed by atoms with Gasteiger partial charge in [0, 0.05) is 6.54 Å². The molecule has 0 saturated carbocycles. The van der Waals surface area contributed by atoms with Crippen LogP contribution in [0.3, 0.4) is 0 Å². The molecule has 0 saturated heterocycles. The number of amides is 1. The number of aliphatic hydroxyl groups excluding tert-OH is 1. The molecular formula is C5H10N2O5. The first-order valence-electron chi connectivity index (χ1n) is 3.14. The van der Waals surface area contributed by atoms with Crippen molar-refractivity contribution in [2.75, 3.05) is 19.7 Å². The van der Waals surface area contributed by atoms with Gasteiger partial charge in [-0.25, -0.2) is 15.2 Å². The summed E-state index contributed by atoms with van der Waals surface area (Å²) in [4.78, 5) is 20.3. The third-order valence-electron chi connectivity index (χ3n) is 0.939. The number of carboxylic acid groups (broad SMARTS) is 2. The number of aliphatic carboxylic acids is 1. The van der Waals surface area contributed by atoms with Crippen LogP contribution in [-0.2, 0) is 4.79 Å². The molecule has 0 aromatic rings. The van der Waals surface area contributed by atoms with Crippen molar-refractivity contribution in [2.45, 2.75) is 0 Å². The molecule has 0 aliphatic heterocycles. The Hall–Kier alpha value is -1.34. The monoisotopic (exact) mass is 178 g/mol. The van der Waals surface area contributed by atoms with Gasteiger partial charge in [0.2, 0.25) is 0 Å². The van der Waals surface area contributed by atoms with Crippen molar-refractivity contribution < 1.29 is 24.9 Å². The molecule has 0 bridgehead atoms. The van der Waals surface area contributed by atoms with E-state index >= 15 is 0 Å². The standard InChI is InChI=1S/C5H10N2O5/c8-2-1-6-7(5(11)12)3-4(9)10/h6,8H,1-3H2,(H,9,10)(H,11,12). The Kier molecular flexibility index (Phi) is 4.73. The number of carbonyl (C=O) groups is 2. The highest BCUT2D eigenvalue weighted by Gasteiger charge is 2.13. The molecule has 7 nitrogen and oxygen atoms in total. The lowest BCUT2D eigenvalue weighted by Crippen LogP contribution is -2.46. The molecule has 0 aliphatic carbocycles. The van der Waals surface area contributed by atoms with E-state index in [-0.39, 0.29) is 13.2 Å². The minimum atomic E-state index is -1.40. The van der Waals surface area contributed by atoms with Gasteiger partial charge < -0.3 is 15.3 Å². The molecule has 70 valence electrons. The van der Waals surface area contributed by atoms with Crippen molar-refractivity contribution >= 4 is 12.1 Å². The second kappa shape index (κ2) is 5.33. The highest BCUT2D eigenvalue weighted by Crippen LogP contribution is 1.82. The van der Waals surface area contributed by atoms with E-state index in [2.05, 4.69) is 5.43 Å². The largest absolute Gasteiger partial charge is 0.480 e. The SMILES string of the molecule is O=C(O)CN(NCCO)C(=O)O. The lowest BCUT2D eigenvalue weighted by atomic mass is 10.6. The number of nitrogens with one attached hydrogen (secondary N) is 1. The van der Waals surface area contributed by atoms with Crippen LogP contribution in [-0.4, -0.2) is 52.1 Å². The molecule has 0 aliphatic rings. The molecule has 4 N–H and O–H groups in total. The van der Waals surface area contributed by atoms with Gasteiger partial charge in [-0.05, 0) is 0 Å². The van der Waals surface area contributed by atoms with E-state index in [1.165, 1.54) is 0 Å². The zero-order valence-corrected chi connectivity index (χ0v) is 6.23. The lowest BCUT2D eigenvalue weighted by molar-refractivity contribution is -0.138. The van der Waals surface area contributed by atoms with Gasteiger partial charge in [0.05, 0.1) is 6.61 Å². The summed E-state index contributed by atoms with van der Waals surface area (Å²) in [7, 11) is 0. The Balaban J connectivity index is 3.87. The third kappa shape index (κ3) is 4.47. The van der Waals surface area contributed by atoms with Crippen molar-refractivity contribution in [3.63, 3.8) is 0 Å². The van der Waals surface area contributed by atoms with Gasteiger partial charge in [-0.1, -0.05) is 0 Å². The summed E-state index contributed by atoms with van der Waals surface area (Å²) in [5.41, 5.74) is 2.20. The molecule has 7 heteroatoms. The third-order valence-corrected chi connectivity index (χ3v) is 0.939. The average molecular weight is 178 g/mol. The summed E-state index contributed by atoms with van der Waals surface area (Å²) in [5, 5.41) is 25.4. The van der Waals surface area contributed by atoms with Gasteiger partial charge in [0.1, 0.15) is 6.54 Å². The zero-order valence-electron chi connectivity index (χ0n) is 6.23. The summed E-state index contributed by atoms with van der Waals surface area (Å²) in [6.45, 7) is -0.918. The van der Waals surface area contributed by atoms with Crippen LogP contribution < -0.4 is 5.43 Å². The van der Waals surface area contributed by atoms with Crippen LogP contribution in [0.2, 0.25) is 0 Å². The van der Waals surface area contributed by atoms with Crippen LogP contribution in [0.15, 0.2) is 0 Å². The van der Waals surface area contributed by atoms with E-state index in [0.717, 1.165) is 0 Å². The molecule has 0 fully saturated rings. The number of hydrogen-bond donors (Lipinski definition) is 4. The fraction of sp³-hybridized carbons (Fsp3) is 0.600. The average Bonchev–Trinajstić information content (AvgIpc) is 1.96. The Morgan fingerprint density at radius 2 is 1.92 bits per heavy atom. The molecule has 0 aromatic heterocycles. The number of rotatable bonds is 5. The number of nitrogens with zero attached hydrogens (tertiary/aromatic N) is 1. The molecule has 0 spiro atoms. The summed E-state index contributed by atoms with van der Waals surface area (Å²) in [5.74, 6) is -1.26. The van der Waals surface area contributed by atoms with Gasteiger partial charge in [-0.2, -0.15) is 0 Å². The Morgan fingerprint density at radius 3 is 2.25 bits per heavy atom. The predicted molar refractivity (Wildman–Crippen MR) is 37.5 cm³/mol. The molecule has 0 heterocycles. The van der Waals surface area contributed by atoms with Gasteiger partial charge >= 0.3 is 12.1 Å². The summed E-state index contributed by atoms with van der Waals surface area (Å²) in [6, 6.07) is 0. The first-order valence-corrected chi connectivity index (χ1v) is 3.14. The van der Waals surface area contributed by atoms with Crippen molar-refractivity contribution in [3.8, 4) is 0 Å². The molecule has 0 rings (SSSR count). The van der Waals surface area contributed by atoms with Crippen molar-refractivity contribution in [3.05, 3.63) is 0 Å². The number of aliphatic hydroxyl groups is 1. The highest BCUT2D eigenvalue weighted by atomic mass is 16.4. The Bertz CT molecular complexity index is 171. The minimum Gasteiger partial charge on any atom is -0.480 e. The minimum absolute atomic E-state index is 0.000417. The topological polar surface area (TPSA) is 110 Å². The second-order valence-corrected chi connectivity index (χ2v) is 1.89. The van der Waals surface area contributed by atoms with E-state index in [1.807, 2.05) is 0 Å². The van der Waals surface area contributed by atoms with E-state index in [9.17, 15) is 9.59 Å². The number of hydrogen-bond acceptors (Lipinski definition) is 4. The van der Waals surface area contributed by atoms with E-state index in [1.54, 1.807) is 0 Å². The maximum absolute atomic E-state index is 10.3. The molecule has 12 heavy (non-hydrogen) atoms. The maximum atomic E-state index is 10.3. The summed E-state index contributed by atoms with van der Waals surface area (Å²) in [6.07, 6.45) is -1.40. The van der Waals surface area contributed by atoms with Crippen LogP contribution in [0.25, 0.3) is 0 Å². The maximum Gasteiger partial charge on any atom is 0.422 e. The van der Waals surface area contributed by atoms with Gasteiger partial charge in [-0.3, -0.25) is 4.79 Å². The Labute approximate surface area is 68.2 Å². The van der Waals surface area contributed by atoms with Crippen molar-refractivity contribution in [1.82, 2.24) is 10.4 Å². The molecule has 1 amide bonds. The van der Waals surface area contributed by atoms with Crippen LogP contribution in [0.4, 0.5) is 4.79 Å². The first kappa shape index (κ1) is 10.7. The van der Waals surface area contributed by atoms with E-state index < -0.39 is 18.6 Å². The van der Waals surface area contributed by atoms with Crippen LogP contribution in [0.5, 0.6) is 0 Å². The molecular weight excluding hydrogens is 168 g/mol. The van der Waals surface area contributed by atoms with Crippen LogP contribution in [0.1, 0.15) is 0 Å². The normalized spacial score (nSPS) is 9.42. The fourth-order valence-electron chi connectivity index (χ4n) is 0.511. The first-order chi connectivity index (χ1) is 5.57. The summed E-state index contributed by atoms with van der Waals surface area (Å²) >= 11 is 0.